The van der Waals surface area contributed by atoms with Gasteiger partial charge in [0.2, 0.25) is 17.7 Å². The van der Waals surface area contributed by atoms with E-state index in [-0.39, 0.29) is 23.6 Å². The standard InChI is InChI=1S/C20H29N3O3/c1-15-13-19(25)23(20(15)26)12-6-4-5-7-18(24)21-14-16-8-10-17(11-9-16)22(2)3/h8-11,15H,4-7,12-14H2,1-3H3,(H,21,24). The van der Waals surface area contributed by atoms with Crippen LogP contribution in [0.5, 0.6) is 0 Å². The summed E-state index contributed by atoms with van der Waals surface area (Å²) in [7, 11) is 3.99. The molecular formula is C20H29N3O3. The van der Waals surface area contributed by atoms with E-state index in [0.717, 1.165) is 30.5 Å². The minimum absolute atomic E-state index is 0.0311. The number of imide groups is 1. The molecule has 0 spiro atoms. The van der Waals surface area contributed by atoms with Crippen molar-refractivity contribution < 1.29 is 14.4 Å². The highest BCUT2D eigenvalue weighted by Gasteiger charge is 2.34. The first kappa shape index (κ1) is 19.9. The fourth-order valence-electron chi connectivity index (χ4n) is 3.02. The first-order valence-corrected chi connectivity index (χ1v) is 9.25. The smallest absolute Gasteiger partial charge is 0.232 e. The molecule has 1 aromatic rings. The normalized spacial score (nSPS) is 16.9. The van der Waals surface area contributed by atoms with Gasteiger partial charge in [0.25, 0.3) is 0 Å². The number of likely N-dealkylation sites (tertiary alicyclic amines) is 1. The summed E-state index contributed by atoms with van der Waals surface area (Å²) in [5, 5.41) is 2.93. The van der Waals surface area contributed by atoms with Crippen LogP contribution in [0, 0.1) is 5.92 Å². The Kier molecular flexibility index (Phi) is 7.18. The summed E-state index contributed by atoms with van der Waals surface area (Å²) in [6.45, 7) is 2.79. The van der Waals surface area contributed by atoms with Crippen molar-refractivity contribution in [3.05, 3.63) is 29.8 Å². The maximum absolute atomic E-state index is 11.9. The topological polar surface area (TPSA) is 69.7 Å². The van der Waals surface area contributed by atoms with Gasteiger partial charge in [-0.3, -0.25) is 19.3 Å². The van der Waals surface area contributed by atoms with Gasteiger partial charge in [-0.1, -0.05) is 25.5 Å². The Morgan fingerprint density at radius 2 is 1.85 bits per heavy atom. The van der Waals surface area contributed by atoms with Gasteiger partial charge >= 0.3 is 0 Å². The molecule has 1 aliphatic heterocycles. The van der Waals surface area contributed by atoms with Crippen molar-refractivity contribution >= 4 is 23.4 Å². The van der Waals surface area contributed by atoms with Gasteiger partial charge in [0.15, 0.2) is 0 Å². The zero-order valence-corrected chi connectivity index (χ0v) is 16.0. The molecule has 26 heavy (non-hydrogen) atoms. The second-order valence-electron chi connectivity index (χ2n) is 7.14. The van der Waals surface area contributed by atoms with E-state index in [1.54, 1.807) is 6.92 Å². The quantitative estimate of drug-likeness (QED) is 0.543. The molecule has 0 aromatic heterocycles. The fourth-order valence-corrected chi connectivity index (χ4v) is 3.02. The number of nitrogens with one attached hydrogen (secondary N) is 1. The number of unbranched alkanes of at least 4 members (excludes halogenated alkanes) is 2. The Bertz CT molecular complexity index is 640. The minimum atomic E-state index is -0.180. The van der Waals surface area contributed by atoms with E-state index in [0.29, 0.717) is 25.9 Å². The predicted molar refractivity (Wildman–Crippen MR) is 102 cm³/mol. The number of carbonyl (C=O) groups excluding carboxylic acids is 3. The molecule has 0 saturated carbocycles. The van der Waals surface area contributed by atoms with Crippen molar-refractivity contribution in [2.24, 2.45) is 5.92 Å². The van der Waals surface area contributed by atoms with Crippen LogP contribution in [-0.4, -0.2) is 43.3 Å². The third-order valence-electron chi connectivity index (χ3n) is 4.70. The van der Waals surface area contributed by atoms with Crippen LogP contribution in [-0.2, 0) is 20.9 Å². The number of carbonyl (C=O) groups is 3. The molecule has 0 bridgehead atoms. The van der Waals surface area contributed by atoms with E-state index in [9.17, 15) is 14.4 Å². The lowest BCUT2D eigenvalue weighted by Gasteiger charge is -2.14. The number of amides is 3. The van der Waals surface area contributed by atoms with Crippen molar-refractivity contribution in [1.29, 1.82) is 0 Å². The van der Waals surface area contributed by atoms with E-state index in [1.807, 2.05) is 43.3 Å². The first-order valence-electron chi connectivity index (χ1n) is 9.25. The predicted octanol–water partition coefficient (Wildman–Crippen LogP) is 2.32. The molecule has 3 amide bonds. The summed E-state index contributed by atoms with van der Waals surface area (Å²) in [4.78, 5) is 38.8. The van der Waals surface area contributed by atoms with Gasteiger partial charge in [0, 0.05) is 51.6 Å². The van der Waals surface area contributed by atoms with Crippen molar-refractivity contribution in [3.8, 4) is 0 Å². The van der Waals surface area contributed by atoms with Gasteiger partial charge in [0.05, 0.1) is 0 Å². The van der Waals surface area contributed by atoms with Gasteiger partial charge in [-0.25, -0.2) is 0 Å². The molecule has 1 unspecified atom stereocenters. The highest BCUT2D eigenvalue weighted by molar-refractivity contribution is 6.03. The van der Waals surface area contributed by atoms with E-state index in [4.69, 9.17) is 0 Å². The summed E-state index contributed by atoms with van der Waals surface area (Å²) in [5.41, 5.74) is 2.20. The van der Waals surface area contributed by atoms with Crippen LogP contribution >= 0.6 is 0 Å². The first-order chi connectivity index (χ1) is 12.4. The molecule has 6 nitrogen and oxygen atoms in total. The van der Waals surface area contributed by atoms with Crippen LogP contribution < -0.4 is 10.2 Å². The van der Waals surface area contributed by atoms with E-state index in [2.05, 4.69) is 5.32 Å². The SMILES string of the molecule is CC1CC(=O)N(CCCCCC(=O)NCc2ccc(N(C)C)cc2)C1=O. The molecule has 0 aliphatic carbocycles. The van der Waals surface area contributed by atoms with Crippen molar-refractivity contribution in [1.82, 2.24) is 10.2 Å². The van der Waals surface area contributed by atoms with Crippen LogP contribution in [0.1, 0.15) is 44.6 Å². The molecule has 2 rings (SSSR count). The third-order valence-corrected chi connectivity index (χ3v) is 4.70. The minimum Gasteiger partial charge on any atom is -0.378 e. The van der Waals surface area contributed by atoms with Gasteiger partial charge in [0.1, 0.15) is 0 Å². The average Bonchev–Trinajstić information content (AvgIpc) is 2.85. The Hall–Kier alpha value is -2.37. The average molecular weight is 359 g/mol. The Labute approximate surface area is 155 Å². The number of benzene rings is 1. The highest BCUT2D eigenvalue weighted by atomic mass is 16.2. The number of hydrogen-bond acceptors (Lipinski definition) is 4. The molecule has 0 radical (unpaired) electrons. The molecule has 6 heteroatoms. The summed E-state index contributed by atoms with van der Waals surface area (Å²) in [6.07, 6.45) is 3.14. The Morgan fingerprint density at radius 3 is 2.42 bits per heavy atom. The Balaban J connectivity index is 1.59. The Morgan fingerprint density at radius 1 is 1.15 bits per heavy atom. The molecule has 1 aromatic carbocycles. The monoisotopic (exact) mass is 359 g/mol. The molecule has 1 heterocycles. The zero-order valence-electron chi connectivity index (χ0n) is 16.0. The van der Waals surface area contributed by atoms with Crippen molar-refractivity contribution in [3.63, 3.8) is 0 Å². The molecule has 1 aliphatic rings. The summed E-state index contributed by atoms with van der Waals surface area (Å²) >= 11 is 0. The van der Waals surface area contributed by atoms with Crippen molar-refractivity contribution in [2.75, 3.05) is 25.5 Å². The van der Waals surface area contributed by atoms with Gasteiger partial charge < -0.3 is 10.2 Å². The van der Waals surface area contributed by atoms with Gasteiger partial charge in [-0.05, 0) is 30.5 Å². The molecule has 142 valence electrons. The van der Waals surface area contributed by atoms with Crippen LogP contribution in [0.25, 0.3) is 0 Å². The van der Waals surface area contributed by atoms with E-state index in [1.165, 1.54) is 4.90 Å². The van der Waals surface area contributed by atoms with Crippen molar-refractivity contribution in [2.45, 2.75) is 45.6 Å². The lowest BCUT2D eigenvalue weighted by molar-refractivity contribution is -0.139. The largest absolute Gasteiger partial charge is 0.378 e. The number of rotatable bonds is 9. The fraction of sp³-hybridized carbons (Fsp3) is 0.550. The molecule has 1 atom stereocenters. The summed E-state index contributed by atoms with van der Waals surface area (Å²) in [6, 6.07) is 8.09. The molecule has 1 fully saturated rings. The summed E-state index contributed by atoms with van der Waals surface area (Å²) in [5.74, 6) is -0.280. The number of hydrogen-bond donors (Lipinski definition) is 1. The second kappa shape index (κ2) is 9.36. The van der Waals surface area contributed by atoms with Crippen LogP contribution in [0.3, 0.4) is 0 Å². The third kappa shape index (κ3) is 5.58. The van der Waals surface area contributed by atoms with Crippen LogP contribution in [0.15, 0.2) is 24.3 Å². The second-order valence-corrected chi connectivity index (χ2v) is 7.14. The molecular weight excluding hydrogens is 330 g/mol. The molecule has 1 N–H and O–H groups in total. The lowest BCUT2D eigenvalue weighted by Crippen LogP contribution is -2.31. The lowest BCUT2D eigenvalue weighted by atomic mass is 10.1. The highest BCUT2D eigenvalue weighted by Crippen LogP contribution is 2.19. The van der Waals surface area contributed by atoms with Gasteiger partial charge in [-0.2, -0.15) is 0 Å². The molecule has 1 saturated heterocycles. The van der Waals surface area contributed by atoms with E-state index >= 15 is 0 Å². The maximum Gasteiger partial charge on any atom is 0.232 e. The maximum atomic E-state index is 11.9. The van der Waals surface area contributed by atoms with E-state index < -0.39 is 0 Å². The number of nitrogens with zero attached hydrogens (tertiary/aromatic N) is 2. The summed E-state index contributed by atoms with van der Waals surface area (Å²) < 4.78 is 0. The zero-order chi connectivity index (χ0) is 19.1. The van der Waals surface area contributed by atoms with Crippen LogP contribution in [0.2, 0.25) is 0 Å². The number of anilines is 1. The van der Waals surface area contributed by atoms with Crippen LogP contribution in [0.4, 0.5) is 5.69 Å². The van der Waals surface area contributed by atoms with Gasteiger partial charge in [-0.15, -0.1) is 0 Å².